The van der Waals surface area contributed by atoms with Gasteiger partial charge in [0.2, 0.25) is 0 Å². The highest BCUT2D eigenvalue weighted by atomic mass is 35.5. The Morgan fingerprint density at radius 2 is 1.43 bits per heavy atom. The van der Waals surface area contributed by atoms with Crippen LogP contribution in [0.3, 0.4) is 0 Å². The molecule has 0 aromatic heterocycles. The molecule has 21 heavy (non-hydrogen) atoms. The number of alkyl halides is 1. The van der Waals surface area contributed by atoms with E-state index < -0.39 is 4.87 Å². The molecule has 2 aromatic rings. The molecule has 0 saturated heterocycles. The van der Waals surface area contributed by atoms with Crippen LogP contribution in [0.2, 0.25) is 0 Å². The second-order valence-electron chi connectivity index (χ2n) is 5.49. The minimum atomic E-state index is -0.639. The number of benzene rings is 2. The third-order valence-electron chi connectivity index (χ3n) is 4.19. The van der Waals surface area contributed by atoms with Gasteiger partial charge in [-0.2, -0.15) is 0 Å². The normalized spacial score (nSPS) is 14.8. The molecule has 112 valence electrons. The second-order valence-corrected chi connectivity index (χ2v) is 6.55. The third kappa shape index (κ3) is 3.23. The van der Waals surface area contributed by atoms with Crippen molar-refractivity contribution < 1.29 is 4.43 Å². The first-order valence-electron chi connectivity index (χ1n) is 7.47. The molecule has 2 atom stereocenters. The van der Waals surface area contributed by atoms with E-state index >= 15 is 0 Å². The largest absolute Gasteiger partial charge is 0.422 e. The van der Waals surface area contributed by atoms with Gasteiger partial charge in [0, 0.05) is 0 Å². The molecule has 2 aromatic carbocycles. The molecule has 0 heterocycles. The first-order valence-corrected chi connectivity index (χ1v) is 8.66. The molecule has 0 radical (unpaired) electrons. The zero-order valence-electron chi connectivity index (χ0n) is 12.9. The smallest absolute Gasteiger partial charge is 0.146 e. The summed E-state index contributed by atoms with van der Waals surface area (Å²) in [7, 11) is 0.673. The van der Waals surface area contributed by atoms with Crippen molar-refractivity contribution in [1.82, 2.24) is 0 Å². The van der Waals surface area contributed by atoms with Crippen molar-refractivity contribution in [2.45, 2.75) is 31.2 Å². The topological polar surface area (TPSA) is 9.23 Å². The van der Waals surface area contributed by atoms with Gasteiger partial charge in [0.1, 0.15) is 15.4 Å². The predicted octanol–water partition coefficient (Wildman–Crippen LogP) is 3.88. The van der Waals surface area contributed by atoms with Gasteiger partial charge in [-0.3, -0.25) is 0 Å². The van der Waals surface area contributed by atoms with Crippen LogP contribution in [-0.4, -0.2) is 16.6 Å². The predicted molar refractivity (Wildman–Crippen MR) is 93.8 cm³/mol. The summed E-state index contributed by atoms with van der Waals surface area (Å²) in [6.45, 7) is 4.40. The summed E-state index contributed by atoms with van der Waals surface area (Å²) in [6.07, 6.45) is 1.02. The molecule has 0 bridgehead atoms. The van der Waals surface area contributed by atoms with Crippen molar-refractivity contribution in [3.8, 4) is 0 Å². The van der Waals surface area contributed by atoms with Gasteiger partial charge in [-0.15, -0.1) is 11.6 Å². The lowest BCUT2D eigenvalue weighted by atomic mass is 9.80. The molecule has 2 rings (SSSR count). The maximum Gasteiger partial charge on any atom is 0.146 e. The van der Waals surface area contributed by atoms with Crippen molar-refractivity contribution in [2.24, 2.45) is 5.92 Å². The Balaban J connectivity index is 2.59. The van der Waals surface area contributed by atoms with Gasteiger partial charge in [0.25, 0.3) is 0 Å². The van der Waals surface area contributed by atoms with Gasteiger partial charge in [0.15, 0.2) is 0 Å². The van der Waals surface area contributed by atoms with Gasteiger partial charge in [-0.1, -0.05) is 80.9 Å². The first kappa shape index (κ1) is 16.3. The molecule has 1 nitrogen and oxygen atoms in total. The van der Waals surface area contributed by atoms with Crippen LogP contribution in [0.15, 0.2) is 60.7 Å². The van der Waals surface area contributed by atoms with Crippen LogP contribution in [-0.2, 0) is 9.30 Å². The van der Waals surface area contributed by atoms with Crippen molar-refractivity contribution in [3.05, 3.63) is 71.8 Å². The molecule has 0 aliphatic rings. The SMILES string of the molecule is CCC(C)C(O[SiH3])C(Cl)(c1ccccc1)c1ccccc1. The van der Waals surface area contributed by atoms with Crippen molar-refractivity contribution >= 4 is 22.1 Å². The molecule has 0 aliphatic heterocycles. The Labute approximate surface area is 135 Å². The zero-order valence-corrected chi connectivity index (χ0v) is 15.7. The number of hydrogen-bond acceptors (Lipinski definition) is 1. The summed E-state index contributed by atoms with van der Waals surface area (Å²) in [4.78, 5) is -0.639. The van der Waals surface area contributed by atoms with Gasteiger partial charge < -0.3 is 4.43 Å². The molecular formula is C18H23ClOSi. The Morgan fingerprint density at radius 1 is 1.00 bits per heavy atom. The van der Waals surface area contributed by atoms with Crippen molar-refractivity contribution in [1.29, 1.82) is 0 Å². The van der Waals surface area contributed by atoms with Crippen LogP contribution in [0.5, 0.6) is 0 Å². The molecular weight excluding hydrogens is 296 g/mol. The summed E-state index contributed by atoms with van der Waals surface area (Å²) in [5.74, 6) is 0.389. The van der Waals surface area contributed by atoms with E-state index in [4.69, 9.17) is 16.0 Å². The summed E-state index contributed by atoms with van der Waals surface area (Å²) in [5.41, 5.74) is 2.19. The molecule has 2 unspecified atom stereocenters. The van der Waals surface area contributed by atoms with Crippen LogP contribution in [0, 0.1) is 5.92 Å². The van der Waals surface area contributed by atoms with Gasteiger partial charge in [-0.05, 0) is 17.0 Å². The fourth-order valence-electron chi connectivity index (χ4n) is 2.86. The van der Waals surface area contributed by atoms with E-state index in [9.17, 15) is 0 Å². The van der Waals surface area contributed by atoms with Gasteiger partial charge in [0.05, 0.1) is 6.10 Å². The highest BCUT2D eigenvalue weighted by Crippen LogP contribution is 2.44. The summed E-state index contributed by atoms with van der Waals surface area (Å²) in [6, 6.07) is 20.6. The highest BCUT2D eigenvalue weighted by Gasteiger charge is 2.42. The monoisotopic (exact) mass is 318 g/mol. The molecule has 0 fully saturated rings. The lowest BCUT2D eigenvalue weighted by Gasteiger charge is -2.39. The fourth-order valence-corrected chi connectivity index (χ4v) is 4.38. The van der Waals surface area contributed by atoms with E-state index in [2.05, 4.69) is 38.1 Å². The van der Waals surface area contributed by atoms with Crippen LogP contribution >= 0.6 is 11.6 Å². The molecule has 0 aliphatic carbocycles. The van der Waals surface area contributed by atoms with E-state index in [0.717, 1.165) is 17.5 Å². The molecule has 0 saturated carbocycles. The Hall–Kier alpha value is -1.09. The average Bonchev–Trinajstić information content (AvgIpc) is 2.56. The average molecular weight is 319 g/mol. The lowest BCUT2D eigenvalue weighted by Crippen LogP contribution is -2.41. The molecule has 3 heteroatoms. The summed E-state index contributed by atoms with van der Waals surface area (Å²) >= 11 is 7.23. The third-order valence-corrected chi connectivity index (χ3v) is 5.35. The van der Waals surface area contributed by atoms with E-state index in [0.29, 0.717) is 16.4 Å². The van der Waals surface area contributed by atoms with Crippen LogP contribution in [0.4, 0.5) is 0 Å². The van der Waals surface area contributed by atoms with Crippen molar-refractivity contribution in [3.63, 3.8) is 0 Å². The fraction of sp³-hybridized carbons (Fsp3) is 0.333. The Kier molecular flexibility index (Phi) is 5.62. The van der Waals surface area contributed by atoms with E-state index in [-0.39, 0.29) is 6.10 Å². The zero-order chi connectivity index (χ0) is 15.3. The van der Waals surface area contributed by atoms with E-state index in [1.54, 1.807) is 0 Å². The lowest BCUT2D eigenvalue weighted by molar-refractivity contribution is 0.120. The quantitative estimate of drug-likeness (QED) is 0.580. The first-order chi connectivity index (χ1) is 10.1. The standard InChI is InChI=1S/C18H23ClOSi/c1-3-14(2)17(20-21)18(19,15-10-6-4-7-11-15)16-12-8-5-9-13-16/h4-14,17H,3H2,1-2,21H3. The van der Waals surface area contributed by atoms with Crippen LogP contribution in [0.1, 0.15) is 31.4 Å². The van der Waals surface area contributed by atoms with Gasteiger partial charge >= 0.3 is 0 Å². The number of halogens is 1. The Bertz CT molecular complexity index is 504. The number of rotatable bonds is 6. The molecule has 0 spiro atoms. The number of hydrogen-bond donors (Lipinski definition) is 0. The Morgan fingerprint density at radius 3 is 1.76 bits per heavy atom. The van der Waals surface area contributed by atoms with Crippen LogP contribution < -0.4 is 0 Å². The maximum absolute atomic E-state index is 7.23. The van der Waals surface area contributed by atoms with Crippen LogP contribution in [0.25, 0.3) is 0 Å². The summed E-state index contributed by atoms with van der Waals surface area (Å²) in [5, 5.41) is 0. The van der Waals surface area contributed by atoms with E-state index in [1.807, 2.05) is 36.4 Å². The minimum Gasteiger partial charge on any atom is -0.422 e. The second kappa shape index (κ2) is 7.26. The maximum atomic E-state index is 7.23. The molecule has 0 amide bonds. The summed E-state index contributed by atoms with van der Waals surface area (Å²) < 4.78 is 5.98. The van der Waals surface area contributed by atoms with Crippen molar-refractivity contribution in [2.75, 3.05) is 0 Å². The highest BCUT2D eigenvalue weighted by molar-refractivity contribution is 6.26. The minimum absolute atomic E-state index is 0.0272. The van der Waals surface area contributed by atoms with Gasteiger partial charge in [-0.25, -0.2) is 0 Å². The molecule has 0 N–H and O–H groups in total. The van der Waals surface area contributed by atoms with E-state index in [1.165, 1.54) is 0 Å².